The van der Waals surface area contributed by atoms with E-state index in [2.05, 4.69) is 24.3 Å². The Hall–Kier alpha value is -0.780. The van der Waals surface area contributed by atoms with Gasteiger partial charge in [0.1, 0.15) is 0 Å². The molecular formula is C11H20N4S. The van der Waals surface area contributed by atoms with E-state index < -0.39 is 0 Å². The molecular weight excluding hydrogens is 220 g/mol. The van der Waals surface area contributed by atoms with Gasteiger partial charge in [-0.2, -0.15) is 11.8 Å². The maximum Gasteiger partial charge on any atom is 0.0378 e. The van der Waals surface area contributed by atoms with Crippen molar-refractivity contribution in [1.82, 2.24) is 10.4 Å². The van der Waals surface area contributed by atoms with Crippen LogP contribution in [0.3, 0.4) is 0 Å². The molecule has 1 atom stereocenters. The average molecular weight is 240 g/mol. The van der Waals surface area contributed by atoms with Crippen molar-refractivity contribution in [3.8, 4) is 0 Å². The Labute approximate surface area is 101 Å². The Balaban J connectivity index is 2.53. The van der Waals surface area contributed by atoms with E-state index in [1.165, 1.54) is 0 Å². The highest BCUT2D eigenvalue weighted by atomic mass is 32.2. The standard InChI is InChI=1S/C11H20N4S/c1-8(2)16-7-10(15-13)5-9-6-14-4-3-11(9)12/h3-4,6,8,10,15H,5,7,13H2,1-2H3,(H2,12,14). The largest absolute Gasteiger partial charge is 0.398 e. The monoisotopic (exact) mass is 240 g/mol. The Kier molecular flexibility index (Phi) is 5.59. The van der Waals surface area contributed by atoms with Crippen LogP contribution in [0.5, 0.6) is 0 Å². The summed E-state index contributed by atoms with van der Waals surface area (Å²) >= 11 is 1.89. The van der Waals surface area contributed by atoms with Crippen LogP contribution >= 0.6 is 11.8 Å². The van der Waals surface area contributed by atoms with E-state index in [4.69, 9.17) is 11.6 Å². The van der Waals surface area contributed by atoms with Gasteiger partial charge in [-0.15, -0.1) is 0 Å². The number of hydrogen-bond acceptors (Lipinski definition) is 5. The first kappa shape index (κ1) is 13.3. The number of hydrogen-bond donors (Lipinski definition) is 3. The predicted octanol–water partition coefficient (Wildman–Crippen LogP) is 1.18. The quantitative estimate of drug-likeness (QED) is 0.514. The summed E-state index contributed by atoms with van der Waals surface area (Å²) in [7, 11) is 0. The Morgan fingerprint density at radius 3 is 2.81 bits per heavy atom. The van der Waals surface area contributed by atoms with Crippen LogP contribution in [0.25, 0.3) is 0 Å². The first-order chi connectivity index (χ1) is 7.63. The summed E-state index contributed by atoms with van der Waals surface area (Å²) < 4.78 is 0. The number of hydrazine groups is 1. The molecule has 90 valence electrons. The summed E-state index contributed by atoms with van der Waals surface area (Å²) in [5.41, 5.74) is 10.5. The second-order valence-corrected chi connectivity index (χ2v) is 5.63. The number of rotatable bonds is 6. The van der Waals surface area contributed by atoms with E-state index in [1.807, 2.05) is 17.8 Å². The Morgan fingerprint density at radius 1 is 1.50 bits per heavy atom. The number of pyridine rings is 1. The lowest BCUT2D eigenvalue weighted by Crippen LogP contribution is -2.39. The second kappa shape index (κ2) is 6.73. The summed E-state index contributed by atoms with van der Waals surface area (Å²) in [5, 5.41) is 0.613. The van der Waals surface area contributed by atoms with Gasteiger partial charge in [0.05, 0.1) is 0 Å². The van der Waals surface area contributed by atoms with Gasteiger partial charge in [0.25, 0.3) is 0 Å². The molecule has 0 aromatic carbocycles. The fourth-order valence-electron chi connectivity index (χ4n) is 1.35. The smallest absolute Gasteiger partial charge is 0.0378 e. The number of nitrogen functional groups attached to an aromatic ring is 1. The molecule has 0 aliphatic heterocycles. The lowest BCUT2D eigenvalue weighted by molar-refractivity contribution is 0.575. The summed E-state index contributed by atoms with van der Waals surface area (Å²) in [4.78, 5) is 4.07. The fourth-order valence-corrected chi connectivity index (χ4v) is 2.18. The molecule has 0 aliphatic rings. The molecule has 16 heavy (non-hydrogen) atoms. The Morgan fingerprint density at radius 2 is 2.25 bits per heavy atom. The zero-order chi connectivity index (χ0) is 12.0. The fraction of sp³-hybridized carbons (Fsp3) is 0.545. The minimum atomic E-state index is 0.235. The molecule has 4 nitrogen and oxygen atoms in total. The number of anilines is 1. The third-order valence-corrected chi connectivity index (χ3v) is 3.54. The zero-order valence-corrected chi connectivity index (χ0v) is 10.6. The van der Waals surface area contributed by atoms with Gasteiger partial charge in [0.2, 0.25) is 0 Å². The summed E-state index contributed by atoms with van der Waals surface area (Å²) in [6.07, 6.45) is 4.32. The van der Waals surface area contributed by atoms with Crippen molar-refractivity contribution in [3.05, 3.63) is 24.0 Å². The molecule has 0 saturated carbocycles. The van der Waals surface area contributed by atoms with Crippen molar-refractivity contribution in [2.45, 2.75) is 31.6 Å². The summed E-state index contributed by atoms with van der Waals surface area (Å²) in [6, 6.07) is 2.05. The minimum Gasteiger partial charge on any atom is -0.398 e. The van der Waals surface area contributed by atoms with Gasteiger partial charge in [-0.1, -0.05) is 13.8 Å². The van der Waals surface area contributed by atoms with Crippen molar-refractivity contribution in [2.24, 2.45) is 5.84 Å². The second-order valence-electron chi connectivity index (χ2n) is 4.02. The van der Waals surface area contributed by atoms with Crippen LogP contribution in [0.1, 0.15) is 19.4 Å². The van der Waals surface area contributed by atoms with Crippen LogP contribution in [0.2, 0.25) is 0 Å². The first-order valence-electron chi connectivity index (χ1n) is 5.39. The molecule has 0 saturated heterocycles. The maximum atomic E-state index is 5.86. The van der Waals surface area contributed by atoms with Gasteiger partial charge in [-0.05, 0) is 23.3 Å². The summed E-state index contributed by atoms with van der Waals surface area (Å²) in [5.74, 6) is 6.51. The maximum absolute atomic E-state index is 5.86. The molecule has 0 aliphatic carbocycles. The SMILES string of the molecule is CC(C)SCC(Cc1cnccc1N)NN. The lowest BCUT2D eigenvalue weighted by Gasteiger charge is -2.17. The van der Waals surface area contributed by atoms with Crippen molar-refractivity contribution in [1.29, 1.82) is 0 Å². The predicted molar refractivity (Wildman–Crippen MR) is 71.1 cm³/mol. The molecule has 1 aromatic heterocycles. The van der Waals surface area contributed by atoms with Gasteiger partial charge in [0, 0.05) is 29.9 Å². The van der Waals surface area contributed by atoms with Crippen LogP contribution < -0.4 is 17.0 Å². The van der Waals surface area contributed by atoms with Gasteiger partial charge in [-0.25, -0.2) is 0 Å². The molecule has 1 unspecified atom stereocenters. The lowest BCUT2D eigenvalue weighted by atomic mass is 10.1. The third-order valence-electron chi connectivity index (χ3n) is 2.27. The van der Waals surface area contributed by atoms with Crippen molar-refractivity contribution < 1.29 is 0 Å². The van der Waals surface area contributed by atoms with Crippen molar-refractivity contribution >= 4 is 17.4 Å². The summed E-state index contributed by atoms with van der Waals surface area (Å²) in [6.45, 7) is 4.35. The highest BCUT2D eigenvalue weighted by molar-refractivity contribution is 7.99. The number of aromatic nitrogens is 1. The van der Waals surface area contributed by atoms with Gasteiger partial charge in [0.15, 0.2) is 0 Å². The van der Waals surface area contributed by atoms with Gasteiger partial charge < -0.3 is 5.73 Å². The van der Waals surface area contributed by atoms with E-state index in [0.717, 1.165) is 23.4 Å². The average Bonchev–Trinajstić information content (AvgIpc) is 2.26. The number of nitrogens with zero attached hydrogens (tertiary/aromatic N) is 1. The minimum absolute atomic E-state index is 0.235. The molecule has 0 spiro atoms. The van der Waals surface area contributed by atoms with Crippen LogP contribution in [0, 0.1) is 0 Å². The van der Waals surface area contributed by atoms with E-state index in [0.29, 0.717) is 5.25 Å². The highest BCUT2D eigenvalue weighted by Gasteiger charge is 2.10. The molecule has 0 bridgehead atoms. The molecule has 0 radical (unpaired) electrons. The van der Waals surface area contributed by atoms with Crippen molar-refractivity contribution in [2.75, 3.05) is 11.5 Å². The molecule has 1 aromatic rings. The van der Waals surface area contributed by atoms with Gasteiger partial charge in [-0.3, -0.25) is 16.3 Å². The molecule has 1 rings (SSSR count). The van der Waals surface area contributed by atoms with Crippen molar-refractivity contribution in [3.63, 3.8) is 0 Å². The van der Waals surface area contributed by atoms with Gasteiger partial charge >= 0.3 is 0 Å². The number of thioether (sulfide) groups is 1. The Bertz CT molecular complexity index is 317. The van der Waals surface area contributed by atoms with Crippen LogP contribution in [-0.4, -0.2) is 22.0 Å². The topological polar surface area (TPSA) is 77.0 Å². The molecule has 0 amide bonds. The van der Waals surface area contributed by atoms with E-state index in [9.17, 15) is 0 Å². The number of nitrogens with one attached hydrogen (secondary N) is 1. The molecule has 5 heteroatoms. The first-order valence-corrected chi connectivity index (χ1v) is 6.44. The molecule has 1 heterocycles. The molecule has 5 N–H and O–H groups in total. The zero-order valence-electron chi connectivity index (χ0n) is 9.81. The van der Waals surface area contributed by atoms with E-state index >= 15 is 0 Å². The molecule has 0 fully saturated rings. The third kappa shape index (κ3) is 4.38. The van der Waals surface area contributed by atoms with E-state index in [1.54, 1.807) is 12.4 Å². The van der Waals surface area contributed by atoms with Crippen LogP contribution in [0.4, 0.5) is 5.69 Å². The van der Waals surface area contributed by atoms with Crippen LogP contribution in [0.15, 0.2) is 18.5 Å². The normalized spacial score (nSPS) is 13.0. The van der Waals surface area contributed by atoms with Crippen LogP contribution in [-0.2, 0) is 6.42 Å². The van der Waals surface area contributed by atoms with E-state index in [-0.39, 0.29) is 6.04 Å². The number of nitrogens with two attached hydrogens (primary N) is 2. The highest BCUT2D eigenvalue weighted by Crippen LogP contribution is 2.15.